The Labute approximate surface area is 312 Å². The number of hydrogen-bond donors (Lipinski definition) is 2. The van der Waals surface area contributed by atoms with Gasteiger partial charge in [-0.15, -0.1) is 0 Å². The average Bonchev–Trinajstić information content (AvgIpc) is 3.47. The number of piperazine rings is 1. The SMILES string of the molecule is COc1ccc(-c2ccc3nccc(C(=O)NCC(=O)N4CC(F)(F)C[C@H]4C#N)c3c2)cc1OCCCN1CCN(C(=O)CNC(=O)OC(C)(C)C)CC1. The third kappa shape index (κ3) is 10.3. The number of amides is 4. The first-order valence-corrected chi connectivity index (χ1v) is 17.7. The fourth-order valence-corrected chi connectivity index (χ4v) is 6.30. The number of nitriles is 1. The molecule has 0 unspecified atom stereocenters. The number of nitrogens with one attached hydrogen (secondary N) is 2. The third-order valence-electron chi connectivity index (χ3n) is 9.01. The molecule has 2 aromatic carbocycles. The van der Waals surface area contributed by atoms with E-state index >= 15 is 0 Å². The van der Waals surface area contributed by atoms with Gasteiger partial charge in [-0.05, 0) is 68.7 Å². The number of hydrogen-bond acceptors (Lipinski definition) is 10. The number of pyridine rings is 1. The van der Waals surface area contributed by atoms with Crippen molar-refractivity contribution < 1.29 is 42.2 Å². The largest absolute Gasteiger partial charge is 0.493 e. The van der Waals surface area contributed by atoms with Crippen molar-refractivity contribution in [3.05, 3.63) is 54.2 Å². The number of likely N-dealkylation sites (tertiary alicyclic amines) is 1. The number of fused-ring (bicyclic) bond motifs is 1. The summed E-state index contributed by atoms with van der Waals surface area (Å²) in [7, 11) is 1.55. The van der Waals surface area contributed by atoms with E-state index in [-0.39, 0.29) is 18.0 Å². The first kappa shape index (κ1) is 39.6. The summed E-state index contributed by atoms with van der Waals surface area (Å²) in [6, 6.07) is 12.9. The quantitative estimate of drug-likeness (QED) is 0.260. The van der Waals surface area contributed by atoms with Gasteiger partial charge in [0.1, 0.15) is 18.2 Å². The molecule has 1 atom stereocenters. The number of methoxy groups -OCH3 is 1. The molecule has 3 aromatic rings. The Morgan fingerprint density at radius 1 is 0.963 bits per heavy atom. The van der Waals surface area contributed by atoms with Gasteiger partial charge in [0.05, 0.1) is 44.0 Å². The number of benzene rings is 2. The lowest BCUT2D eigenvalue weighted by molar-refractivity contribution is -0.132. The van der Waals surface area contributed by atoms with Gasteiger partial charge in [-0.2, -0.15) is 5.26 Å². The molecule has 288 valence electrons. The smallest absolute Gasteiger partial charge is 0.408 e. The second kappa shape index (κ2) is 17.1. The molecule has 0 radical (unpaired) electrons. The van der Waals surface area contributed by atoms with Gasteiger partial charge in [0.15, 0.2) is 11.5 Å². The number of halogens is 2. The Kier molecular flexibility index (Phi) is 12.5. The van der Waals surface area contributed by atoms with E-state index in [2.05, 4.69) is 20.5 Å². The molecule has 2 fully saturated rings. The number of rotatable bonds is 12. The van der Waals surface area contributed by atoms with Crippen LogP contribution in [-0.4, -0.2) is 127 Å². The molecule has 1 aromatic heterocycles. The molecule has 4 amide bonds. The highest BCUT2D eigenvalue weighted by atomic mass is 19.3. The van der Waals surface area contributed by atoms with Crippen molar-refractivity contribution in [1.29, 1.82) is 5.26 Å². The summed E-state index contributed by atoms with van der Waals surface area (Å²) in [6.07, 6.45) is 0.835. The van der Waals surface area contributed by atoms with Crippen LogP contribution in [0.25, 0.3) is 22.0 Å². The predicted molar refractivity (Wildman–Crippen MR) is 194 cm³/mol. The highest BCUT2D eigenvalue weighted by molar-refractivity contribution is 6.07. The average molecular weight is 750 g/mol. The summed E-state index contributed by atoms with van der Waals surface area (Å²) in [4.78, 5) is 59.5. The van der Waals surface area contributed by atoms with E-state index in [1.165, 1.54) is 12.3 Å². The zero-order chi connectivity index (χ0) is 39.0. The van der Waals surface area contributed by atoms with Crippen molar-refractivity contribution in [2.75, 3.05) is 66.1 Å². The standard InChI is InChI=1S/C38H45F2N7O7/c1-37(2,3)54-36(51)44-22-33(48)46-15-13-45(14-16-46)12-5-17-53-32-19-26(7-9-31(32)52-4)25-6-8-30-29(18-25)28(10-11-42-30)35(50)43-23-34(49)47-24-38(39,40)20-27(47)21-41/h6-11,18-19,27H,5,12-17,20,22-24H2,1-4H3,(H,43,50)(H,44,51)/t27-/m0/s1. The molecule has 14 nitrogen and oxygen atoms in total. The van der Waals surface area contributed by atoms with Crippen molar-refractivity contribution in [3.63, 3.8) is 0 Å². The van der Waals surface area contributed by atoms with Crippen molar-refractivity contribution in [1.82, 2.24) is 30.3 Å². The van der Waals surface area contributed by atoms with Crippen molar-refractivity contribution in [3.8, 4) is 28.7 Å². The van der Waals surface area contributed by atoms with E-state index in [0.717, 1.165) is 29.0 Å². The number of ether oxygens (including phenoxy) is 3. The minimum absolute atomic E-state index is 0.115. The monoisotopic (exact) mass is 749 g/mol. The van der Waals surface area contributed by atoms with Gasteiger partial charge < -0.3 is 34.6 Å². The second-order valence-electron chi connectivity index (χ2n) is 14.1. The summed E-state index contributed by atoms with van der Waals surface area (Å²) >= 11 is 0. The predicted octanol–water partition coefficient (Wildman–Crippen LogP) is 3.84. The van der Waals surface area contributed by atoms with Crippen LogP contribution in [0.4, 0.5) is 13.6 Å². The third-order valence-corrected chi connectivity index (χ3v) is 9.01. The minimum Gasteiger partial charge on any atom is -0.493 e. The van der Waals surface area contributed by atoms with Gasteiger partial charge in [0.25, 0.3) is 11.8 Å². The number of carbonyl (C=O) groups excluding carboxylic acids is 4. The minimum atomic E-state index is -3.16. The molecule has 3 heterocycles. The first-order chi connectivity index (χ1) is 25.7. The van der Waals surface area contributed by atoms with Crippen LogP contribution in [0, 0.1) is 11.3 Å². The molecule has 2 aliphatic rings. The lowest BCUT2D eigenvalue weighted by atomic mass is 10.00. The first-order valence-electron chi connectivity index (χ1n) is 17.7. The fraction of sp³-hybridized carbons (Fsp3) is 0.474. The molecule has 54 heavy (non-hydrogen) atoms. The maximum atomic E-state index is 13.8. The van der Waals surface area contributed by atoms with Crippen LogP contribution >= 0.6 is 0 Å². The van der Waals surface area contributed by atoms with Crippen LogP contribution in [0.3, 0.4) is 0 Å². The molecule has 2 saturated heterocycles. The molecule has 0 spiro atoms. The van der Waals surface area contributed by atoms with Crippen molar-refractivity contribution in [2.24, 2.45) is 0 Å². The molecular weight excluding hydrogens is 704 g/mol. The zero-order valence-electron chi connectivity index (χ0n) is 30.8. The van der Waals surface area contributed by atoms with E-state index in [4.69, 9.17) is 14.2 Å². The van der Waals surface area contributed by atoms with Crippen LogP contribution in [0.5, 0.6) is 11.5 Å². The lowest BCUT2D eigenvalue weighted by Gasteiger charge is -2.34. The Morgan fingerprint density at radius 3 is 2.37 bits per heavy atom. The van der Waals surface area contributed by atoms with Crippen LogP contribution < -0.4 is 20.1 Å². The van der Waals surface area contributed by atoms with Crippen LogP contribution in [0.1, 0.15) is 44.0 Å². The van der Waals surface area contributed by atoms with Crippen LogP contribution in [0.2, 0.25) is 0 Å². The van der Waals surface area contributed by atoms with E-state index in [1.54, 1.807) is 57.0 Å². The Bertz CT molecular complexity index is 1900. The Balaban J connectivity index is 1.15. The lowest BCUT2D eigenvalue weighted by Crippen LogP contribution is -2.51. The second-order valence-corrected chi connectivity index (χ2v) is 14.1. The summed E-state index contributed by atoms with van der Waals surface area (Å²) in [5, 5.41) is 14.8. The van der Waals surface area contributed by atoms with E-state index in [9.17, 15) is 33.2 Å². The van der Waals surface area contributed by atoms with Crippen LogP contribution in [0.15, 0.2) is 48.7 Å². The highest BCUT2D eigenvalue weighted by Gasteiger charge is 2.47. The summed E-state index contributed by atoms with van der Waals surface area (Å²) in [5.74, 6) is -3.58. The molecule has 2 aliphatic heterocycles. The number of nitrogens with zero attached hydrogens (tertiary/aromatic N) is 5. The number of alkyl carbamates (subject to hydrolysis) is 1. The normalized spacial score (nSPS) is 17.1. The van der Waals surface area contributed by atoms with Gasteiger partial charge in [-0.1, -0.05) is 12.1 Å². The van der Waals surface area contributed by atoms with Gasteiger partial charge in [0, 0.05) is 50.7 Å². The maximum absolute atomic E-state index is 13.8. The summed E-state index contributed by atoms with van der Waals surface area (Å²) in [6.45, 7) is 7.43. The van der Waals surface area contributed by atoms with Crippen molar-refractivity contribution in [2.45, 2.75) is 51.2 Å². The maximum Gasteiger partial charge on any atom is 0.408 e. The summed E-state index contributed by atoms with van der Waals surface area (Å²) in [5.41, 5.74) is 1.69. The number of aromatic nitrogens is 1. The molecule has 0 aliphatic carbocycles. The van der Waals surface area contributed by atoms with Gasteiger partial charge >= 0.3 is 6.09 Å². The Morgan fingerprint density at radius 2 is 1.67 bits per heavy atom. The van der Waals surface area contributed by atoms with Gasteiger partial charge in [-0.3, -0.25) is 24.3 Å². The van der Waals surface area contributed by atoms with Gasteiger partial charge in [0.2, 0.25) is 11.8 Å². The Hall–Kier alpha value is -5.56. The number of carbonyl (C=O) groups is 4. The van der Waals surface area contributed by atoms with E-state index in [1.807, 2.05) is 18.2 Å². The summed E-state index contributed by atoms with van der Waals surface area (Å²) < 4.78 is 44.6. The fourth-order valence-electron chi connectivity index (χ4n) is 6.30. The van der Waals surface area contributed by atoms with Crippen molar-refractivity contribution >= 4 is 34.7 Å². The topological polar surface area (TPSA) is 166 Å². The van der Waals surface area contributed by atoms with Gasteiger partial charge in [-0.25, -0.2) is 13.6 Å². The molecule has 0 saturated carbocycles. The van der Waals surface area contributed by atoms with Crippen LogP contribution in [-0.2, 0) is 14.3 Å². The zero-order valence-corrected chi connectivity index (χ0v) is 30.8. The van der Waals surface area contributed by atoms with E-state index < -0.39 is 55.0 Å². The highest BCUT2D eigenvalue weighted by Crippen LogP contribution is 2.35. The molecular formula is C38H45F2N7O7. The molecule has 2 N–H and O–H groups in total. The molecule has 0 bridgehead atoms. The molecule has 16 heteroatoms. The van der Waals surface area contributed by atoms with E-state index in [0.29, 0.717) is 55.2 Å². The number of alkyl halides is 2. The molecule has 5 rings (SSSR count).